The van der Waals surface area contributed by atoms with Crippen LogP contribution in [0.15, 0.2) is 35.1 Å². The summed E-state index contributed by atoms with van der Waals surface area (Å²) in [6.45, 7) is 10.0. The second kappa shape index (κ2) is 4.09. The monoisotopic (exact) mass is 208 g/mol. The summed E-state index contributed by atoms with van der Waals surface area (Å²) >= 11 is 1.44. The number of rotatable bonds is 2. The molecule has 1 aromatic carbocycles. The van der Waals surface area contributed by atoms with Gasteiger partial charge < -0.3 is 5.11 Å². The fraction of sp³-hybridized carbons (Fsp3) is 0.333. The maximum absolute atomic E-state index is 9.72. The quantitative estimate of drug-likeness (QED) is 0.743. The zero-order valence-corrected chi connectivity index (χ0v) is 9.69. The highest BCUT2D eigenvalue weighted by Crippen LogP contribution is 2.33. The molecule has 76 valence electrons. The van der Waals surface area contributed by atoms with E-state index in [4.69, 9.17) is 0 Å². The number of phenols is 1. The lowest BCUT2D eigenvalue weighted by Gasteiger charge is -2.19. The average Bonchev–Trinajstić information content (AvgIpc) is 2.07. The number of phenolic OH excluding ortho intramolecular Hbond substituents is 1. The van der Waals surface area contributed by atoms with Crippen molar-refractivity contribution in [1.29, 1.82) is 0 Å². The van der Waals surface area contributed by atoms with E-state index in [9.17, 15) is 5.11 Å². The van der Waals surface area contributed by atoms with Crippen LogP contribution in [0.5, 0.6) is 5.75 Å². The van der Waals surface area contributed by atoms with Gasteiger partial charge in [0, 0.05) is 0 Å². The van der Waals surface area contributed by atoms with Crippen LogP contribution in [0, 0.1) is 0 Å². The van der Waals surface area contributed by atoms with Crippen LogP contribution in [0.1, 0.15) is 26.3 Å². The van der Waals surface area contributed by atoms with Crippen LogP contribution >= 0.6 is 11.8 Å². The molecule has 0 aromatic heterocycles. The third-order valence-electron chi connectivity index (χ3n) is 2.04. The molecule has 0 spiro atoms. The van der Waals surface area contributed by atoms with E-state index in [1.165, 1.54) is 11.8 Å². The van der Waals surface area contributed by atoms with Gasteiger partial charge in [-0.15, -0.1) is 0 Å². The van der Waals surface area contributed by atoms with E-state index in [0.29, 0.717) is 5.75 Å². The first-order valence-electron chi connectivity index (χ1n) is 4.56. The Morgan fingerprint density at radius 1 is 1.36 bits per heavy atom. The molecule has 0 saturated heterocycles. The predicted octanol–water partition coefficient (Wildman–Crippen LogP) is 3.93. The summed E-state index contributed by atoms with van der Waals surface area (Å²) in [5.41, 5.74) is 1.22. The number of benzene rings is 1. The summed E-state index contributed by atoms with van der Waals surface area (Å²) in [7, 11) is 0. The summed E-state index contributed by atoms with van der Waals surface area (Å²) in [6.07, 6.45) is 0. The van der Waals surface area contributed by atoms with Crippen molar-refractivity contribution >= 4 is 11.8 Å². The van der Waals surface area contributed by atoms with Gasteiger partial charge in [0.15, 0.2) is 0 Å². The smallest absolute Gasteiger partial charge is 0.129 e. The summed E-state index contributed by atoms with van der Waals surface area (Å²) in [5.74, 6) is 0.335. The van der Waals surface area contributed by atoms with Crippen LogP contribution in [-0.2, 0) is 5.41 Å². The van der Waals surface area contributed by atoms with Crippen LogP contribution in [0.2, 0.25) is 0 Å². The van der Waals surface area contributed by atoms with Gasteiger partial charge >= 0.3 is 0 Å². The highest BCUT2D eigenvalue weighted by Gasteiger charge is 2.14. The Morgan fingerprint density at radius 3 is 2.43 bits per heavy atom. The maximum Gasteiger partial charge on any atom is 0.129 e. The highest BCUT2D eigenvalue weighted by molar-refractivity contribution is 8.02. The van der Waals surface area contributed by atoms with Gasteiger partial charge in [-0.25, -0.2) is 0 Å². The van der Waals surface area contributed by atoms with Gasteiger partial charge in [-0.05, 0) is 28.5 Å². The van der Waals surface area contributed by atoms with Crippen molar-refractivity contribution in [3.63, 3.8) is 0 Å². The normalized spacial score (nSPS) is 11.4. The molecule has 1 N–H and O–H groups in total. The molecule has 0 heterocycles. The van der Waals surface area contributed by atoms with Crippen LogP contribution in [-0.4, -0.2) is 5.11 Å². The van der Waals surface area contributed by atoms with Gasteiger partial charge in [0.05, 0.1) is 4.90 Å². The van der Waals surface area contributed by atoms with Gasteiger partial charge in [-0.3, -0.25) is 0 Å². The molecule has 0 radical (unpaired) electrons. The minimum atomic E-state index is 0.0782. The Labute approximate surface area is 89.8 Å². The summed E-state index contributed by atoms with van der Waals surface area (Å²) in [4.78, 5) is 0.855. The standard InChI is InChI=1S/C12H16OS/c1-5-14-11-7-6-9(8-10(11)13)12(2,3)4/h5-8,13H,1H2,2-4H3. The van der Waals surface area contributed by atoms with Crippen LogP contribution in [0.25, 0.3) is 0 Å². The minimum absolute atomic E-state index is 0.0782. The van der Waals surface area contributed by atoms with Crippen molar-refractivity contribution in [1.82, 2.24) is 0 Å². The Bertz CT molecular complexity index is 337. The topological polar surface area (TPSA) is 20.2 Å². The SMILES string of the molecule is C=CSc1ccc(C(C)(C)C)cc1O. The lowest BCUT2D eigenvalue weighted by molar-refractivity contribution is 0.458. The Balaban J connectivity index is 3.06. The summed E-state index contributed by atoms with van der Waals surface area (Å²) in [5, 5.41) is 11.4. The third kappa shape index (κ3) is 2.55. The summed E-state index contributed by atoms with van der Waals surface area (Å²) < 4.78 is 0. The molecule has 0 unspecified atom stereocenters. The van der Waals surface area contributed by atoms with Crippen LogP contribution in [0.3, 0.4) is 0 Å². The van der Waals surface area contributed by atoms with E-state index in [-0.39, 0.29) is 5.41 Å². The molecule has 0 fully saturated rings. The molecule has 0 bridgehead atoms. The minimum Gasteiger partial charge on any atom is -0.507 e. The highest BCUT2D eigenvalue weighted by atomic mass is 32.2. The van der Waals surface area contributed by atoms with Crippen molar-refractivity contribution in [3.05, 3.63) is 35.7 Å². The molecule has 0 aliphatic heterocycles. The van der Waals surface area contributed by atoms with E-state index < -0.39 is 0 Å². The van der Waals surface area contributed by atoms with Crippen molar-refractivity contribution in [2.75, 3.05) is 0 Å². The number of thioether (sulfide) groups is 1. The zero-order chi connectivity index (χ0) is 10.8. The second-order valence-electron chi connectivity index (χ2n) is 4.22. The van der Waals surface area contributed by atoms with E-state index in [0.717, 1.165) is 10.5 Å². The molecular formula is C12H16OS. The number of hydrogen-bond donors (Lipinski definition) is 1. The maximum atomic E-state index is 9.72. The molecule has 0 saturated carbocycles. The molecule has 1 aromatic rings. The van der Waals surface area contributed by atoms with E-state index >= 15 is 0 Å². The zero-order valence-electron chi connectivity index (χ0n) is 8.87. The lowest BCUT2D eigenvalue weighted by atomic mass is 9.87. The van der Waals surface area contributed by atoms with Crippen LogP contribution < -0.4 is 0 Å². The fourth-order valence-electron chi connectivity index (χ4n) is 1.17. The van der Waals surface area contributed by atoms with Gasteiger partial charge in [0.1, 0.15) is 5.75 Å². The number of hydrogen-bond acceptors (Lipinski definition) is 2. The van der Waals surface area contributed by atoms with Gasteiger partial charge in [0.25, 0.3) is 0 Å². The largest absolute Gasteiger partial charge is 0.507 e. The Kier molecular flexibility index (Phi) is 3.27. The molecule has 0 aliphatic rings. The van der Waals surface area contributed by atoms with E-state index in [2.05, 4.69) is 27.4 Å². The van der Waals surface area contributed by atoms with Crippen LogP contribution in [0.4, 0.5) is 0 Å². The first-order valence-corrected chi connectivity index (χ1v) is 5.44. The number of aromatic hydroxyl groups is 1. The van der Waals surface area contributed by atoms with E-state index in [1.807, 2.05) is 18.2 Å². The first-order chi connectivity index (χ1) is 6.45. The lowest BCUT2D eigenvalue weighted by Crippen LogP contribution is -2.10. The first kappa shape index (κ1) is 11.2. The molecule has 0 amide bonds. The third-order valence-corrected chi connectivity index (χ3v) is 2.80. The van der Waals surface area contributed by atoms with Gasteiger partial charge in [-0.1, -0.05) is 45.2 Å². The molecule has 0 aliphatic carbocycles. The van der Waals surface area contributed by atoms with Gasteiger partial charge in [-0.2, -0.15) is 0 Å². The molecule has 0 atom stereocenters. The van der Waals surface area contributed by atoms with Crippen molar-refractivity contribution in [3.8, 4) is 5.75 Å². The fourth-order valence-corrected chi connectivity index (χ4v) is 1.68. The predicted molar refractivity (Wildman–Crippen MR) is 62.9 cm³/mol. The molecule has 1 nitrogen and oxygen atoms in total. The molecule has 14 heavy (non-hydrogen) atoms. The van der Waals surface area contributed by atoms with Crippen molar-refractivity contribution in [2.24, 2.45) is 0 Å². The van der Waals surface area contributed by atoms with E-state index in [1.54, 1.807) is 5.41 Å². The van der Waals surface area contributed by atoms with Crippen molar-refractivity contribution in [2.45, 2.75) is 31.1 Å². The second-order valence-corrected chi connectivity index (χ2v) is 5.23. The van der Waals surface area contributed by atoms with Crippen molar-refractivity contribution < 1.29 is 5.11 Å². The van der Waals surface area contributed by atoms with Gasteiger partial charge in [0.2, 0.25) is 0 Å². The molecule has 1 rings (SSSR count). The summed E-state index contributed by atoms with van der Waals surface area (Å²) in [6, 6.07) is 5.81. The molecule has 2 heteroatoms. The Morgan fingerprint density at radius 2 is 2.00 bits per heavy atom. The Hall–Kier alpha value is -0.890. The molecular weight excluding hydrogens is 192 g/mol. The average molecular weight is 208 g/mol.